The van der Waals surface area contributed by atoms with E-state index in [9.17, 15) is 4.79 Å². The first-order chi connectivity index (χ1) is 8.31. The van der Waals surface area contributed by atoms with Crippen molar-refractivity contribution < 1.29 is 13.9 Å². The molecule has 1 aliphatic heterocycles. The molecular weight excluding hydrogens is 222 g/mol. The molecule has 0 fully saturated rings. The highest BCUT2D eigenvalue weighted by Gasteiger charge is 2.12. The molecule has 17 heavy (non-hydrogen) atoms. The molecule has 0 spiro atoms. The maximum Gasteiger partial charge on any atom is 0.198 e. The molecule has 1 aromatic rings. The van der Waals surface area contributed by atoms with E-state index in [1.54, 1.807) is 24.3 Å². The highest BCUT2D eigenvalue weighted by molar-refractivity contribution is 5.96. The Kier molecular flexibility index (Phi) is 3.28. The van der Waals surface area contributed by atoms with Gasteiger partial charge in [-0.2, -0.15) is 0 Å². The number of hydrogen-bond acceptors (Lipinski definition) is 5. The second kappa shape index (κ2) is 5.05. The smallest absolute Gasteiger partial charge is 0.198 e. The van der Waals surface area contributed by atoms with Gasteiger partial charge in [0.1, 0.15) is 11.6 Å². The third kappa shape index (κ3) is 2.76. The van der Waals surface area contributed by atoms with Crippen LogP contribution in [0.15, 0.2) is 45.6 Å². The molecule has 0 atom stereocenters. The van der Waals surface area contributed by atoms with E-state index in [2.05, 4.69) is 15.6 Å². The van der Waals surface area contributed by atoms with E-state index in [0.717, 1.165) is 5.76 Å². The molecule has 0 saturated heterocycles. The van der Waals surface area contributed by atoms with Crippen molar-refractivity contribution in [1.82, 2.24) is 10.6 Å². The van der Waals surface area contributed by atoms with Gasteiger partial charge in [0.15, 0.2) is 17.6 Å². The molecule has 2 heterocycles. The zero-order valence-corrected chi connectivity index (χ0v) is 9.19. The lowest BCUT2D eigenvalue weighted by molar-refractivity contribution is 0.267. The number of nitrogens with zero attached hydrogens (tertiary/aromatic N) is 1. The zero-order chi connectivity index (χ0) is 12.1. The van der Waals surface area contributed by atoms with Crippen LogP contribution in [0.5, 0.6) is 0 Å². The average molecular weight is 233 g/mol. The third-order valence-electron chi connectivity index (χ3n) is 2.08. The largest absolute Gasteiger partial charge is 0.482 e. The predicted molar refractivity (Wildman–Crippen MR) is 60.4 cm³/mol. The van der Waals surface area contributed by atoms with E-state index < -0.39 is 0 Å². The Morgan fingerprint density at radius 2 is 2.41 bits per heavy atom. The number of aliphatic imine (C=N–C) groups is 1. The molecular formula is C11H11N3O3. The summed E-state index contributed by atoms with van der Waals surface area (Å²) in [7, 11) is 1.50. The summed E-state index contributed by atoms with van der Waals surface area (Å²) in [5.41, 5.74) is 0. The van der Waals surface area contributed by atoms with E-state index in [0.29, 0.717) is 18.3 Å². The number of furan rings is 1. The van der Waals surface area contributed by atoms with E-state index in [-0.39, 0.29) is 5.82 Å². The van der Waals surface area contributed by atoms with Gasteiger partial charge in [-0.3, -0.25) is 4.99 Å². The van der Waals surface area contributed by atoms with Crippen molar-refractivity contribution in [2.24, 2.45) is 4.99 Å². The number of nitrogens with one attached hydrogen (secondary N) is 2. The van der Waals surface area contributed by atoms with Crippen molar-refractivity contribution in [3.63, 3.8) is 0 Å². The molecule has 6 nitrogen and oxygen atoms in total. The van der Waals surface area contributed by atoms with Crippen molar-refractivity contribution in [3.05, 3.63) is 41.9 Å². The molecule has 0 bridgehead atoms. The fourth-order valence-corrected chi connectivity index (χ4v) is 1.29. The van der Waals surface area contributed by atoms with Crippen molar-refractivity contribution in [1.29, 1.82) is 0 Å². The van der Waals surface area contributed by atoms with Crippen LogP contribution in [0.3, 0.4) is 0 Å². The number of hydrogen-bond donors (Lipinski definition) is 2. The normalized spacial score (nSPS) is 16.9. The molecule has 1 aromatic heterocycles. The van der Waals surface area contributed by atoms with Crippen LogP contribution >= 0.6 is 0 Å². The van der Waals surface area contributed by atoms with Crippen LogP contribution in [-0.4, -0.2) is 18.9 Å². The number of ether oxygens (including phenoxy) is 1. The maximum absolute atomic E-state index is 10.6. The van der Waals surface area contributed by atoms with Gasteiger partial charge in [-0.15, -0.1) is 0 Å². The lowest BCUT2D eigenvalue weighted by atomic mass is 10.4. The van der Waals surface area contributed by atoms with Crippen LogP contribution in [0.25, 0.3) is 0 Å². The molecule has 0 unspecified atom stereocenters. The van der Waals surface area contributed by atoms with Crippen LogP contribution in [0.2, 0.25) is 0 Å². The standard InChI is InChI=1S/C11H11N3O3/c1-16-11-5-9(13-10(7-15)14-11)12-6-8-3-2-4-17-8/h2-5,14H,6H2,1H3,(H,12,13). The van der Waals surface area contributed by atoms with Gasteiger partial charge in [0.05, 0.1) is 19.9 Å². The zero-order valence-electron chi connectivity index (χ0n) is 9.19. The van der Waals surface area contributed by atoms with Gasteiger partial charge < -0.3 is 19.8 Å². The van der Waals surface area contributed by atoms with Gasteiger partial charge in [0, 0.05) is 6.08 Å². The van der Waals surface area contributed by atoms with Crippen LogP contribution in [0, 0.1) is 0 Å². The Bertz CT molecular complexity index is 496. The molecule has 2 rings (SSSR count). The Morgan fingerprint density at radius 3 is 3.06 bits per heavy atom. The third-order valence-corrected chi connectivity index (χ3v) is 2.08. The lowest BCUT2D eigenvalue weighted by Crippen LogP contribution is -2.36. The summed E-state index contributed by atoms with van der Waals surface area (Å²) in [4.78, 5) is 14.8. The maximum atomic E-state index is 10.6. The number of rotatable bonds is 3. The number of methoxy groups -OCH3 is 1. The van der Waals surface area contributed by atoms with Crippen LogP contribution in [0.1, 0.15) is 5.76 Å². The van der Waals surface area contributed by atoms with E-state index in [4.69, 9.17) is 9.15 Å². The first kappa shape index (κ1) is 11.0. The monoisotopic (exact) mass is 233 g/mol. The van der Waals surface area contributed by atoms with Gasteiger partial charge in [-0.25, -0.2) is 4.79 Å². The van der Waals surface area contributed by atoms with Crippen molar-refractivity contribution in [2.45, 2.75) is 6.54 Å². The molecule has 0 aromatic carbocycles. The lowest BCUT2D eigenvalue weighted by Gasteiger charge is -2.17. The Morgan fingerprint density at radius 1 is 1.53 bits per heavy atom. The van der Waals surface area contributed by atoms with Gasteiger partial charge in [-0.1, -0.05) is 0 Å². The number of carbonyl (C=O) groups excluding carboxylic acids is 1. The molecule has 0 aliphatic carbocycles. The van der Waals surface area contributed by atoms with E-state index in [1.165, 1.54) is 7.11 Å². The summed E-state index contributed by atoms with van der Waals surface area (Å²) in [6.07, 6.45) is 3.22. The summed E-state index contributed by atoms with van der Waals surface area (Å²) in [6, 6.07) is 3.61. The summed E-state index contributed by atoms with van der Waals surface area (Å²) >= 11 is 0. The Balaban J connectivity index is 2.14. The van der Waals surface area contributed by atoms with E-state index >= 15 is 0 Å². The number of amidine groups is 1. The summed E-state index contributed by atoms with van der Waals surface area (Å²) in [6.45, 7) is 0.384. The molecule has 1 aliphatic rings. The summed E-state index contributed by atoms with van der Waals surface area (Å²) in [5, 5.41) is 5.46. The summed E-state index contributed by atoms with van der Waals surface area (Å²) in [5.74, 6) is 3.56. The average Bonchev–Trinajstić information content (AvgIpc) is 2.89. The minimum atomic E-state index is 0.169. The Hall–Kier alpha value is -2.46. The Labute approximate surface area is 97.7 Å². The minimum Gasteiger partial charge on any atom is -0.482 e. The SMILES string of the molecule is COC1=CC(=NCc2ccco2)NC(=C=O)N1. The van der Waals surface area contributed by atoms with E-state index in [1.807, 2.05) is 6.07 Å². The molecule has 88 valence electrons. The minimum absolute atomic E-state index is 0.169. The second-order valence-electron chi connectivity index (χ2n) is 3.22. The van der Waals surface area contributed by atoms with Crippen LogP contribution in [-0.2, 0) is 16.1 Å². The van der Waals surface area contributed by atoms with Gasteiger partial charge in [0.25, 0.3) is 0 Å². The molecule has 6 heteroatoms. The molecule has 0 radical (unpaired) electrons. The molecule has 0 amide bonds. The fraction of sp³-hybridized carbons (Fsp3) is 0.182. The predicted octanol–water partition coefficient (Wildman–Crippen LogP) is 0.532. The first-order valence-electron chi connectivity index (χ1n) is 4.93. The highest BCUT2D eigenvalue weighted by Crippen LogP contribution is 2.04. The first-order valence-corrected chi connectivity index (χ1v) is 4.93. The van der Waals surface area contributed by atoms with Crippen molar-refractivity contribution in [3.8, 4) is 0 Å². The highest BCUT2D eigenvalue weighted by atomic mass is 16.5. The van der Waals surface area contributed by atoms with Gasteiger partial charge in [-0.05, 0) is 12.1 Å². The quantitative estimate of drug-likeness (QED) is 0.745. The molecule has 2 N–H and O–H groups in total. The van der Waals surface area contributed by atoms with Crippen LogP contribution < -0.4 is 10.6 Å². The van der Waals surface area contributed by atoms with Crippen LogP contribution in [0.4, 0.5) is 0 Å². The van der Waals surface area contributed by atoms with Crippen molar-refractivity contribution >= 4 is 11.8 Å². The summed E-state index contributed by atoms with van der Waals surface area (Å²) < 4.78 is 10.1. The van der Waals surface area contributed by atoms with Crippen molar-refractivity contribution in [2.75, 3.05) is 7.11 Å². The van der Waals surface area contributed by atoms with Gasteiger partial charge >= 0.3 is 0 Å². The van der Waals surface area contributed by atoms with Gasteiger partial charge in [0.2, 0.25) is 0 Å². The topological polar surface area (TPSA) is 75.9 Å². The fourth-order valence-electron chi connectivity index (χ4n) is 1.29. The second-order valence-corrected chi connectivity index (χ2v) is 3.22. The molecule has 0 saturated carbocycles.